The molecule has 2 aromatic heterocycles. The Hall–Kier alpha value is -1.20. The highest BCUT2D eigenvalue weighted by molar-refractivity contribution is 7.14. The maximum Gasteiger partial charge on any atom is 0.151 e. The standard InChI is InChI=1S/C13H19N3OS/c1-6-14-8(3)12-15-16-13(18-12)11-7(2)9(4)17-10(11)5/h8,14H,6H2,1-5H3. The molecule has 0 radical (unpaired) electrons. The summed E-state index contributed by atoms with van der Waals surface area (Å²) in [5, 5.41) is 13.9. The van der Waals surface area contributed by atoms with Crippen molar-refractivity contribution in [2.75, 3.05) is 6.54 Å². The number of nitrogens with one attached hydrogen (secondary N) is 1. The van der Waals surface area contributed by atoms with E-state index in [1.54, 1.807) is 11.3 Å². The van der Waals surface area contributed by atoms with Gasteiger partial charge in [-0.05, 0) is 34.2 Å². The Kier molecular flexibility index (Phi) is 3.82. The number of aromatic nitrogens is 2. The van der Waals surface area contributed by atoms with E-state index in [0.29, 0.717) is 0 Å². The number of rotatable bonds is 4. The van der Waals surface area contributed by atoms with Crippen molar-refractivity contribution in [2.45, 2.75) is 40.7 Å². The Labute approximate surface area is 111 Å². The number of nitrogens with zero attached hydrogens (tertiary/aromatic N) is 2. The normalized spacial score (nSPS) is 12.9. The quantitative estimate of drug-likeness (QED) is 0.920. The number of hydrogen-bond donors (Lipinski definition) is 1. The predicted molar refractivity (Wildman–Crippen MR) is 73.9 cm³/mol. The molecular formula is C13H19N3OS. The second-order valence-corrected chi connectivity index (χ2v) is 5.45. The molecule has 2 aromatic rings. The van der Waals surface area contributed by atoms with Crippen molar-refractivity contribution in [3.05, 3.63) is 22.1 Å². The van der Waals surface area contributed by atoms with Crippen LogP contribution in [0.3, 0.4) is 0 Å². The zero-order chi connectivity index (χ0) is 13.3. The van der Waals surface area contributed by atoms with E-state index in [-0.39, 0.29) is 6.04 Å². The minimum Gasteiger partial charge on any atom is -0.466 e. The molecular weight excluding hydrogens is 246 g/mol. The van der Waals surface area contributed by atoms with Crippen LogP contribution in [0.5, 0.6) is 0 Å². The summed E-state index contributed by atoms with van der Waals surface area (Å²) in [6.07, 6.45) is 0. The van der Waals surface area contributed by atoms with Crippen molar-refractivity contribution >= 4 is 11.3 Å². The minimum absolute atomic E-state index is 0.245. The van der Waals surface area contributed by atoms with Gasteiger partial charge < -0.3 is 9.73 Å². The molecule has 0 aliphatic heterocycles. The van der Waals surface area contributed by atoms with Gasteiger partial charge in [0.15, 0.2) is 5.01 Å². The van der Waals surface area contributed by atoms with E-state index >= 15 is 0 Å². The van der Waals surface area contributed by atoms with Gasteiger partial charge in [-0.1, -0.05) is 18.3 Å². The first-order valence-electron chi connectivity index (χ1n) is 6.18. The first-order chi connectivity index (χ1) is 8.54. The third kappa shape index (κ3) is 2.33. The summed E-state index contributed by atoms with van der Waals surface area (Å²) in [6.45, 7) is 11.1. The lowest BCUT2D eigenvalue weighted by Gasteiger charge is -2.06. The monoisotopic (exact) mass is 265 g/mol. The van der Waals surface area contributed by atoms with Crippen LogP contribution in [0.1, 0.15) is 42.0 Å². The van der Waals surface area contributed by atoms with Crippen molar-refractivity contribution in [1.82, 2.24) is 15.5 Å². The number of aryl methyl sites for hydroxylation is 2. The maximum absolute atomic E-state index is 5.64. The van der Waals surface area contributed by atoms with Crippen molar-refractivity contribution in [2.24, 2.45) is 0 Å². The largest absolute Gasteiger partial charge is 0.466 e. The first kappa shape index (κ1) is 13.2. The highest BCUT2D eigenvalue weighted by Gasteiger charge is 2.18. The fourth-order valence-electron chi connectivity index (χ4n) is 2.01. The molecule has 0 aromatic carbocycles. The van der Waals surface area contributed by atoms with Gasteiger partial charge in [0, 0.05) is 5.56 Å². The molecule has 0 amide bonds. The van der Waals surface area contributed by atoms with Gasteiger partial charge in [-0.3, -0.25) is 0 Å². The Bertz CT molecular complexity index is 544. The van der Waals surface area contributed by atoms with E-state index in [0.717, 1.165) is 39.2 Å². The number of furan rings is 1. The van der Waals surface area contributed by atoms with Crippen molar-refractivity contribution < 1.29 is 4.42 Å². The van der Waals surface area contributed by atoms with Gasteiger partial charge in [0.05, 0.1) is 11.6 Å². The van der Waals surface area contributed by atoms with E-state index in [1.807, 2.05) is 13.8 Å². The highest BCUT2D eigenvalue weighted by atomic mass is 32.1. The zero-order valence-electron chi connectivity index (χ0n) is 11.5. The average Bonchev–Trinajstić information content (AvgIpc) is 2.86. The molecule has 0 aliphatic carbocycles. The first-order valence-corrected chi connectivity index (χ1v) is 7.00. The molecule has 1 atom stereocenters. The van der Waals surface area contributed by atoms with E-state index in [9.17, 15) is 0 Å². The fraction of sp³-hybridized carbons (Fsp3) is 0.538. The van der Waals surface area contributed by atoms with E-state index in [4.69, 9.17) is 4.42 Å². The average molecular weight is 265 g/mol. The van der Waals surface area contributed by atoms with E-state index < -0.39 is 0 Å². The van der Waals surface area contributed by atoms with Crippen molar-refractivity contribution in [3.63, 3.8) is 0 Å². The molecule has 2 heterocycles. The van der Waals surface area contributed by atoms with Crippen LogP contribution >= 0.6 is 11.3 Å². The molecule has 0 saturated heterocycles. The minimum atomic E-state index is 0.245. The zero-order valence-corrected chi connectivity index (χ0v) is 12.3. The molecule has 0 bridgehead atoms. The molecule has 0 saturated carbocycles. The molecule has 0 aliphatic rings. The van der Waals surface area contributed by atoms with E-state index in [1.165, 1.54) is 0 Å². The van der Waals surface area contributed by atoms with Crippen LogP contribution in [0.25, 0.3) is 10.6 Å². The van der Waals surface area contributed by atoms with Gasteiger partial charge >= 0.3 is 0 Å². The molecule has 2 rings (SSSR count). The van der Waals surface area contributed by atoms with Gasteiger partial charge in [0.1, 0.15) is 16.5 Å². The Balaban J connectivity index is 2.35. The second-order valence-electron chi connectivity index (χ2n) is 4.44. The Morgan fingerprint density at radius 2 is 1.94 bits per heavy atom. The van der Waals surface area contributed by atoms with Gasteiger partial charge in [-0.15, -0.1) is 10.2 Å². The highest BCUT2D eigenvalue weighted by Crippen LogP contribution is 2.34. The predicted octanol–water partition coefficient (Wildman–Crippen LogP) is 3.39. The summed E-state index contributed by atoms with van der Waals surface area (Å²) in [6, 6.07) is 0.245. The Morgan fingerprint density at radius 3 is 2.50 bits per heavy atom. The van der Waals surface area contributed by atoms with Crippen LogP contribution in [-0.4, -0.2) is 16.7 Å². The molecule has 0 fully saturated rings. The molecule has 5 heteroatoms. The smallest absolute Gasteiger partial charge is 0.151 e. The van der Waals surface area contributed by atoms with Gasteiger partial charge in [-0.25, -0.2) is 0 Å². The molecule has 1 unspecified atom stereocenters. The summed E-state index contributed by atoms with van der Waals surface area (Å²) in [4.78, 5) is 0. The summed E-state index contributed by atoms with van der Waals surface area (Å²) in [5.41, 5.74) is 2.26. The third-order valence-electron chi connectivity index (χ3n) is 3.10. The van der Waals surface area contributed by atoms with Crippen LogP contribution in [0.4, 0.5) is 0 Å². The fourth-order valence-corrected chi connectivity index (χ4v) is 3.03. The molecule has 98 valence electrons. The topological polar surface area (TPSA) is 51.0 Å². The van der Waals surface area contributed by atoms with Gasteiger partial charge in [0.25, 0.3) is 0 Å². The van der Waals surface area contributed by atoms with Crippen LogP contribution < -0.4 is 5.32 Å². The lowest BCUT2D eigenvalue weighted by atomic mass is 10.1. The molecule has 4 nitrogen and oxygen atoms in total. The molecule has 0 spiro atoms. The van der Waals surface area contributed by atoms with Crippen LogP contribution in [0.15, 0.2) is 4.42 Å². The number of hydrogen-bond acceptors (Lipinski definition) is 5. The third-order valence-corrected chi connectivity index (χ3v) is 4.22. The summed E-state index contributed by atoms with van der Waals surface area (Å²) >= 11 is 1.63. The van der Waals surface area contributed by atoms with Crippen LogP contribution in [0.2, 0.25) is 0 Å². The summed E-state index contributed by atoms with van der Waals surface area (Å²) < 4.78 is 5.64. The van der Waals surface area contributed by atoms with Crippen molar-refractivity contribution in [1.29, 1.82) is 0 Å². The van der Waals surface area contributed by atoms with Gasteiger partial charge in [0.2, 0.25) is 0 Å². The van der Waals surface area contributed by atoms with Crippen LogP contribution in [-0.2, 0) is 0 Å². The van der Waals surface area contributed by atoms with Crippen molar-refractivity contribution in [3.8, 4) is 10.6 Å². The lowest BCUT2D eigenvalue weighted by Crippen LogP contribution is -2.17. The second kappa shape index (κ2) is 5.20. The molecule has 1 N–H and O–H groups in total. The summed E-state index contributed by atoms with van der Waals surface area (Å²) in [7, 11) is 0. The SMILES string of the molecule is CCNC(C)c1nnc(-c2c(C)oc(C)c2C)s1. The van der Waals surface area contributed by atoms with Crippen LogP contribution in [0, 0.1) is 20.8 Å². The van der Waals surface area contributed by atoms with Gasteiger partial charge in [-0.2, -0.15) is 0 Å². The molecule has 18 heavy (non-hydrogen) atoms. The van der Waals surface area contributed by atoms with E-state index in [2.05, 4.69) is 36.3 Å². The lowest BCUT2D eigenvalue weighted by molar-refractivity contribution is 0.503. The summed E-state index contributed by atoms with van der Waals surface area (Å²) in [5.74, 6) is 1.88. The Morgan fingerprint density at radius 1 is 1.22 bits per heavy atom. The maximum atomic E-state index is 5.64.